The fourth-order valence-corrected chi connectivity index (χ4v) is 3.77. The molecular formula is C23H14Br2N2O2. The number of benzene rings is 3. The van der Waals surface area contributed by atoms with Crippen LogP contribution in [0.4, 0.5) is 0 Å². The van der Waals surface area contributed by atoms with Crippen molar-refractivity contribution in [1.82, 2.24) is 9.78 Å². The number of carbonyl (C=O) groups excluding carboxylic acids is 2. The van der Waals surface area contributed by atoms with E-state index in [2.05, 4.69) is 37.0 Å². The smallest absolute Gasteiger partial charge is 0.214 e. The van der Waals surface area contributed by atoms with Crippen LogP contribution in [0, 0.1) is 0 Å². The van der Waals surface area contributed by atoms with Gasteiger partial charge in [0.1, 0.15) is 5.69 Å². The summed E-state index contributed by atoms with van der Waals surface area (Å²) in [5.41, 5.74) is 2.09. The minimum absolute atomic E-state index is 0.122. The van der Waals surface area contributed by atoms with E-state index in [4.69, 9.17) is 0 Å². The van der Waals surface area contributed by atoms with Crippen LogP contribution >= 0.6 is 31.9 Å². The zero-order chi connectivity index (χ0) is 20.4. The van der Waals surface area contributed by atoms with Crippen LogP contribution in [-0.2, 0) is 0 Å². The van der Waals surface area contributed by atoms with Crippen molar-refractivity contribution in [3.63, 3.8) is 0 Å². The third-order valence-electron chi connectivity index (χ3n) is 4.37. The molecule has 29 heavy (non-hydrogen) atoms. The first-order valence-electron chi connectivity index (χ1n) is 8.78. The van der Waals surface area contributed by atoms with Crippen molar-refractivity contribution in [3.05, 3.63) is 116 Å². The molecule has 0 saturated carbocycles. The summed E-state index contributed by atoms with van der Waals surface area (Å²) < 4.78 is 3.14. The van der Waals surface area contributed by atoms with Crippen LogP contribution in [0.1, 0.15) is 32.0 Å². The highest BCUT2D eigenvalue weighted by molar-refractivity contribution is 9.10. The molecule has 0 aliphatic heterocycles. The average Bonchev–Trinajstić information content (AvgIpc) is 3.19. The maximum atomic E-state index is 13.2. The minimum Gasteiger partial charge on any atom is -0.288 e. The van der Waals surface area contributed by atoms with Crippen LogP contribution in [0.2, 0.25) is 0 Å². The normalized spacial score (nSPS) is 10.7. The van der Waals surface area contributed by atoms with Gasteiger partial charge in [-0.2, -0.15) is 5.10 Å². The highest BCUT2D eigenvalue weighted by Crippen LogP contribution is 2.22. The molecule has 0 fully saturated rings. The van der Waals surface area contributed by atoms with E-state index in [-0.39, 0.29) is 22.8 Å². The van der Waals surface area contributed by atoms with Crippen molar-refractivity contribution in [3.8, 4) is 5.69 Å². The standard InChI is InChI=1S/C23H14Br2N2O2/c24-17-8-4-6-15(12-17)22(28)20-14-27(19-10-2-1-3-11-19)26-21(20)23(29)16-7-5-9-18(25)13-16/h1-14H. The fraction of sp³-hybridized carbons (Fsp3) is 0. The predicted octanol–water partition coefficient (Wildman–Crippen LogP) is 5.86. The average molecular weight is 510 g/mol. The Balaban J connectivity index is 1.85. The maximum Gasteiger partial charge on any atom is 0.214 e. The number of ketones is 2. The summed E-state index contributed by atoms with van der Waals surface area (Å²) in [6.07, 6.45) is 1.61. The minimum atomic E-state index is -0.306. The summed E-state index contributed by atoms with van der Waals surface area (Å²) in [6.45, 7) is 0. The van der Waals surface area contributed by atoms with Gasteiger partial charge in [-0.25, -0.2) is 4.68 Å². The van der Waals surface area contributed by atoms with E-state index in [1.807, 2.05) is 42.5 Å². The first-order valence-corrected chi connectivity index (χ1v) is 10.4. The molecule has 6 heteroatoms. The first-order chi connectivity index (χ1) is 14.0. The molecule has 0 N–H and O–H groups in total. The zero-order valence-corrected chi connectivity index (χ0v) is 18.2. The Morgan fingerprint density at radius 2 is 1.31 bits per heavy atom. The lowest BCUT2D eigenvalue weighted by atomic mass is 9.99. The van der Waals surface area contributed by atoms with E-state index in [0.29, 0.717) is 11.1 Å². The molecule has 0 amide bonds. The van der Waals surface area contributed by atoms with E-state index < -0.39 is 0 Å². The van der Waals surface area contributed by atoms with E-state index in [0.717, 1.165) is 14.6 Å². The fourth-order valence-electron chi connectivity index (χ4n) is 2.97. The van der Waals surface area contributed by atoms with Gasteiger partial charge in [-0.15, -0.1) is 0 Å². The maximum absolute atomic E-state index is 13.2. The number of aromatic nitrogens is 2. The summed E-state index contributed by atoms with van der Waals surface area (Å²) in [5, 5.41) is 4.47. The molecule has 4 rings (SSSR count). The summed E-state index contributed by atoms with van der Waals surface area (Å²) in [7, 11) is 0. The molecule has 1 aromatic heterocycles. The van der Waals surface area contributed by atoms with E-state index in [1.165, 1.54) is 0 Å². The molecule has 3 aromatic carbocycles. The van der Waals surface area contributed by atoms with Crippen molar-refractivity contribution in [1.29, 1.82) is 0 Å². The van der Waals surface area contributed by atoms with Crippen LogP contribution in [0.5, 0.6) is 0 Å². The molecule has 0 bridgehead atoms. The van der Waals surface area contributed by atoms with Crippen molar-refractivity contribution in [2.24, 2.45) is 0 Å². The molecule has 0 spiro atoms. The number of carbonyl (C=O) groups is 2. The number of halogens is 2. The van der Waals surface area contributed by atoms with E-state index in [9.17, 15) is 9.59 Å². The molecule has 0 atom stereocenters. The number of para-hydroxylation sites is 1. The van der Waals surface area contributed by atoms with Gasteiger partial charge in [-0.1, -0.05) is 74.3 Å². The van der Waals surface area contributed by atoms with Gasteiger partial charge in [0.15, 0.2) is 5.78 Å². The van der Waals surface area contributed by atoms with Gasteiger partial charge >= 0.3 is 0 Å². The molecule has 0 unspecified atom stereocenters. The lowest BCUT2D eigenvalue weighted by Gasteiger charge is -2.03. The van der Waals surface area contributed by atoms with Crippen molar-refractivity contribution in [2.75, 3.05) is 0 Å². The van der Waals surface area contributed by atoms with Crippen molar-refractivity contribution in [2.45, 2.75) is 0 Å². The van der Waals surface area contributed by atoms with Crippen molar-refractivity contribution < 1.29 is 9.59 Å². The third-order valence-corrected chi connectivity index (χ3v) is 5.35. The molecular weight excluding hydrogens is 496 g/mol. The number of hydrogen-bond donors (Lipinski definition) is 0. The molecule has 4 aromatic rings. The molecule has 1 heterocycles. The van der Waals surface area contributed by atoms with Gasteiger partial charge in [-0.3, -0.25) is 9.59 Å². The zero-order valence-electron chi connectivity index (χ0n) is 15.0. The van der Waals surface area contributed by atoms with E-state index in [1.54, 1.807) is 47.3 Å². The molecule has 142 valence electrons. The summed E-state index contributed by atoms with van der Waals surface area (Å²) in [5.74, 6) is -0.564. The monoisotopic (exact) mass is 508 g/mol. The second kappa shape index (κ2) is 8.27. The summed E-state index contributed by atoms with van der Waals surface area (Å²) in [4.78, 5) is 26.4. The SMILES string of the molecule is O=C(c1cccc(Br)c1)c1cn(-c2ccccc2)nc1C(=O)c1cccc(Br)c1. The number of nitrogens with zero attached hydrogens (tertiary/aromatic N) is 2. The quantitative estimate of drug-likeness (QED) is 0.316. The van der Waals surface area contributed by atoms with Crippen LogP contribution in [-0.4, -0.2) is 21.3 Å². The summed E-state index contributed by atoms with van der Waals surface area (Å²) in [6, 6.07) is 23.5. The molecule has 0 saturated heterocycles. The van der Waals surface area contributed by atoms with Gasteiger partial charge in [0.25, 0.3) is 0 Å². The van der Waals surface area contributed by atoms with Gasteiger partial charge in [0, 0.05) is 26.3 Å². The highest BCUT2D eigenvalue weighted by atomic mass is 79.9. The predicted molar refractivity (Wildman–Crippen MR) is 119 cm³/mol. The molecule has 4 nitrogen and oxygen atoms in total. The first kappa shape index (κ1) is 19.5. The highest BCUT2D eigenvalue weighted by Gasteiger charge is 2.24. The van der Waals surface area contributed by atoms with E-state index >= 15 is 0 Å². The second-order valence-corrected chi connectivity index (χ2v) is 8.18. The second-order valence-electron chi connectivity index (χ2n) is 6.35. The molecule has 0 aliphatic carbocycles. The van der Waals surface area contributed by atoms with Crippen LogP contribution in [0.25, 0.3) is 5.69 Å². The Morgan fingerprint density at radius 1 is 0.724 bits per heavy atom. The molecule has 0 radical (unpaired) electrons. The van der Waals surface area contributed by atoms with Crippen molar-refractivity contribution >= 4 is 43.4 Å². The Morgan fingerprint density at radius 3 is 1.90 bits per heavy atom. The van der Waals surface area contributed by atoms with Crippen LogP contribution < -0.4 is 0 Å². The molecule has 0 aliphatic rings. The van der Waals surface area contributed by atoms with Gasteiger partial charge in [0.05, 0.1) is 11.3 Å². The van der Waals surface area contributed by atoms with Gasteiger partial charge < -0.3 is 0 Å². The van der Waals surface area contributed by atoms with Crippen LogP contribution in [0.15, 0.2) is 94.0 Å². The van der Waals surface area contributed by atoms with Gasteiger partial charge in [0.2, 0.25) is 5.78 Å². The topological polar surface area (TPSA) is 52.0 Å². The Labute approximate surface area is 184 Å². The number of rotatable bonds is 5. The lowest BCUT2D eigenvalue weighted by Crippen LogP contribution is -2.10. The third kappa shape index (κ3) is 4.13. The largest absolute Gasteiger partial charge is 0.288 e. The Hall–Kier alpha value is -2.83. The van der Waals surface area contributed by atoms with Crippen LogP contribution in [0.3, 0.4) is 0 Å². The Kier molecular flexibility index (Phi) is 5.56. The summed E-state index contributed by atoms with van der Waals surface area (Å²) >= 11 is 6.78. The Bertz CT molecular complexity index is 1140. The lowest BCUT2D eigenvalue weighted by molar-refractivity contribution is 0.100. The van der Waals surface area contributed by atoms with Gasteiger partial charge in [-0.05, 0) is 36.4 Å². The number of hydrogen-bond acceptors (Lipinski definition) is 3.